The molecule has 17 heteroatoms. The zero-order chi connectivity index (χ0) is 47.8. The molecule has 0 saturated carbocycles. The molecule has 0 spiro atoms. The van der Waals surface area contributed by atoms with E-state index < -0.39 is 6.04 Å². The van der Waals surface area contributed by atoms with Crippen LogP contribution in [-0.2, 0) is 38.8 Å². The fourth-order valence-corrected chi connectivity index (χ4v) is 9.89. The largest absolute Gasteiger partial charge is 0.489 e. The molecule has 2 aromatic heterocycles. The smallest absolute Gasteiger partial charge is 0.243 e. The van der Waals surface area contributed by atoms with E-state index in [1.165, 1.54) is 0 Å². The normalized spacial score (nSPS) is 16.7. The number of nitrogens with one attached hydrogen (secondary N) is 4. The summed E-state index contributed by atoms with van der Waals surface area (Å²) in [6.07, 6.45) is 2.03. The fraction of sp³-hybridized carbons (Fsp3) is 0.420. The Bertz CT molecular complexity index is 2610. The maximum atomic E-state index is 13.3. The summed E-state index contributed by atoms with van der Waals surface area (Å²) in [5.74, 6) is 1.50. The Labute approximate surface area is 400 Å². The van der Waals surface area contributed by atoms with Crippen LogP contribution in [0.3, 0.4) is 0 Å². The van der Waals surface area contributed by atoms with E-state index in [0.29, 0.717) is 67.9 Å². The molecule has 2 aliphatic rings. The molecule has 0 radical (unpaired) electrons. The number of hydrogen-bond donors (Lipinski definition) is 5. The maximum Gasteiger partial charge on any atom is 0.243 e. The fourth-order valence-electron chi connectivity index (χ4n) is 8.55. The van der Waals surface area contributed by atoms with E-state index in [2.05, 4.69) is 45.3 Å². The first kappa shape index (κ1) is 48.8. The number of thiophene rings is 1. The Morgan fingerprint density at radius 1 is 0.910 bits per heavy atom. The van der Waals surface area contributed by atoms with Gasteiger partial charge in [-0.05, 0) is 86.4 Å². The molecule has 15 nitrogen and oxygen atoms in total. The summed E-state index contributed by atoms with van der Waals surface area (Å²) in [4.78, 5) is 59.8. The van der Waals surface area contributed by atoms with Gasteiger partial charge >= 0.3 is 0 Å². The lowest BCUT2D eigenvalue weighted by atomic mass is 9.95. The summed E-state index contributed by atoms with van der Waals surface area (Å²) < 4.78 is 8.18. The molecule has 5 N–H and O–H groups in total. The summed E-state index contributed by atoms with van der Waals surface area (Å²) in [7, 11) is 1.92. The number of nitrogens with zero attached hydrogens (tertiary/aromatic N) is 5. The third-order valence-corrected chi connectivity index (χ3v) is 13.7. The molecular weight excluding hydrogens is 890 g/mol. The van der Waals surface area contributed by atoms with Crippen molar-refractivity contribution in [2.24, 2.45) is 10.9 Å². The van der Waals surface area contributed by atoms with Crippen LogP contribution in [0, 0.1) is 26.7 Å². The lowest BCUT2D eigenvalue weighted by Gasteiger charge is -2.37. The number of hydrogen-bond acceptors (Lipinski definition) is 11. The molecule has 5 aromatic rings. The van der Waals surface area contributed by atoms with Crippen molar-refractivity contribution in [1.82, 2.24) is 36.0 Å². The molecule has 0 fully saturated rings. The van der Waals surface area contributed by atoms with Gasteiger partial charge in [0.25, 0.3) is 0 Å². The summed E-state index contributed by atoms with van der Waals surface area (Å²) in [5.41, 5.74) is 7.63. The van der Waals surface area contributed by atoms with E-state index in [1.54, 1.807) is 11.3 Å². The van der Waals surface area contributed by atoms with Crippen LogP contribution in [0.2, 0.25) is 5.02 Å². The molecular formula is C50H60ClN9O6S. The average molecular weight is 951 g/mol. The molecule has 3 aromatic carbocycles. The lowest BCUT2D eigenvalue weighted by molar-refractivity contribution is -0.124. The van der Waals surface area contributed by atoms with Gasteiger partial charge in [-0.1, -0.05) is 67.9 Å². The third kappa shape index (κ3) is 11.9. The van der Waals surface area contributed by atoms with Crippen molar-refractivity contribution in [3.63, 3.8) is 0 Å². The summed E-state index contributed by atoms with van der Waals surface area (Å²) in [6, 6.07) is 19.9. The lowest BCUT2D eigenvalue weighted by Crippen LogP contribution is -2.54. The van der Waals surface area contributed by atoms with Crippen LogP contribution in [0.4, 0.5) is 5.69 Å². The van der Waals surface area contributed by atoms with Crippen LogP contribution in [-0.4, -0.2) is 88.0 Å². The minimum Gasteiger partial charge on any atom is -0.489 e. The van der Waals surface area contributed by atoms with Gasteiger partial charge in [0, 0.05) is 72.3 Å². The number of ether oxygens (including phenoxy) is 1. The van der Waals surface area contributed by atoms with E-state index in [-0.39, 0.29) is 67.5 Å². The van der Waals surface area contributed by atoms with E-state index >= 15 is 0 Å². The van der Waals surface area contributed by atoms with Crippen LogP contribution >= 0.6 is 22.9 Å². The molecule has 67 heavy (non-hydrogen) atoms. The topological polar surface area (TPSA) is 192 Å². The second-order valence-electron chi connectivity index (χ2n) is 17.6. The number of carbonyl (C=O) groups excluding carboxylic acids is 4. The minimum absolute atomic E-state index is 0.0568. The van der Waals surface area contributed by atoms with Gasteiger partial charge in [-0.2, -0.15) is 0 Å². The number of benzene rings is 3. The predicted octanol–water partition coefficient (Wildman–Crippen LogP) is 6.37. The van der Waals surface area contributed by atoms with Gasteiger partial charge in [-0.15, -0.1) is 21.5 Å². The molecule has 2 aliphatic heterocycles. The summed E-state index contributed by atoms with van der Waals surface area (Å²) in [5, 5.41) is 32.1. The highest BCUT2D eigenvalue weighted by Gasteiger charge is 2.34. The standard InChI is InChI=1S/C50H60ClN9O6S/c1-29(2)47-49(65)55-38(27-61)23-36-17-20-39(24-41(36)59(47)6)66-28-34-13-11-33(12-14-34)26-54-43(63)10-8-21-52-42(62)9-7-22-53-44(64)25-40-48-58-57-32(5)60(48)50-45(30(3)31(4)67-50)46(56-40)35-15-18-37(51)19-16-35/h11-20,24,29,38,40,47,61H,7-10,21-23,25-28H2,1-6H3,(H,52,62)(H,53,64)(H,54,63)(H,55,65)/t38-,40?,47-/m0/s1. The number of amides is 4. The van der Waals surface area contributed by atoms with Gasteiger partial charge in [0.1, 0.15) is 35.3 Å². The van der Waals surface area contributed by atoms with Gasteiger partial charge < -0.3 is 36.0 Å². The maximum absolute atomic E-state index is 13.3. The minimum atomic E-state index is -0.585. The number of aryl methyl sites for hydroxylation is 2. The van der Waals surface area contributed by atoms with Crippen LogP contribution in [0.1, 0.15) is 102 Å². The number of aliphatic hydroxyl groups excluding tert-OH is 1. The van der Waals surface area contributed by atoms with Crippen LogP contribution in [0.15, 0.2) is 71.7 Å². The number of aromatic nitrogens is 3. The van der Waals surface area contributed by atoms with Crippen molar-refractivity contribution >= 4 is 58.0 Å². The van der Waals surface area contributed by atoms with E-state index in [1.807, 2.05) is 104 Å². The van der Waals surface area contributed by atoms with Crippen molar-refractivity contribution < 1.29 is 29.0 Å². The van der Waals surface area contributed by atoms with Gasteiger partial charge in [0.2, 0.25) is 23.6 Å². The molecule has 7 rings (SSSR count). The number of fused-ring (bicyclic) bond motifs is 4. The first-order chi connectivity index (χ1) is 32.2. The number of halogens is 1. The monoisotopic (exact) mass is 949 g/mol. The zero-order valence-electron chi connectivity index (χ0n) is 38.9. The molecule has 0 aliphatic carbocycles. The molecule has 354 valence electrons. The zero-order valence-corrected chi connectivity index (χ0v) is 40.5. The van der Waals surface area contributed by atoms with E-state index in [9.17, 15) is 24.3 Å². The second-order valence-corrected chi connectivity index (χ2v) is 19.2. The van der Waals surface area contributed by atoms with Crippen LogP contribution in [0.5, 0.6) is 5.75 Å². The highest BCUT2D eigenvalue weighted by atomic mass is 35.5. The molecule has 4 amide bonds. The number of anilines is 1. The SMILES string of the molecule is Cc1sc2c(c1C)C(c1ccc(Cl)cc1)=NC(CC(=O)NCCCC(=O)NCCCC(=O)NCc1ccc(COc3ccc4c(c3)N(C)[C@@H](C(C)C)C(=O)N[C@H](CO)C4)cc1)c1nnc(C)n1-2. The predicted molar refractivity (Wildman–Crippen MR) is 261 cm³/mol. The Balaban J connectivity index is 0.803. The highest BCUT2D eigenvalue weighted by molar-refractivity contribution is 7.15. The van der Waals surface area contributed by atoms with Crippen molar-refractivity contribution in [2.75, 3.05) is 31.6 Å². The first-order valence-corrected chi connectivity index (χ1v) is 24.0. The van der Waals surface area contributed by atoms with Crippen molar-refractivity contribution in [1.29, 1.82) is 0 Å². The Hall–Kier alpha value is -6.10. The summed E-state index contributed by atoms with van der Waals surface area (Å²) in [6.45, 7) is 11.3. The van der Waals surface area contributed by atoms with E-state index in [0.717, 1.165) is 54.7 Å². The highest BCUT2D eigenvalue weighted by Crippen LogP contribution is 2.40. The van der Waals surface area contributed by atoms with Crippen molar-refractivity contribution in [3.05, 3.63) is 122 Å². The van der Waals surface area contributed by atoms with Gasteiger partial charge in [0.15, 0.2) is 5.82 Å². The molecule has 0 bridgehead atoms. The number of aliphatic imine (C=N–C) groups is 1. The van der Waals surface area contributed by atoms with Crippen LogP contribution < -0.4 is 30.9 Å². The molecule has 1 unspecified atom stereocenters. The van der Waals surface area contributed by atoms with Gasteiger partial charge in [0.05, 0.1) is 24.8 Å². The molecule has 3 atom stereocenters. The Morgan fingerprint density at radius 3 is 2.27 bits per heavy atom. The third-order valence-electron chi connectivity index (χ3n) is 12.2. The van der Waals surface area contributed by atoms with Gasteiger partial charge in [-0.3, -0.25) is 28.7 Å². The Kier molecular flexibility index (Phi) is 16.1. The first-order valence-electron chi connectivity index (χ1n) is 22.8. The summed E-state index contributed by atoms with van der Waals surface area (Å²) >= 11 is 7.88. The van der Waals surface area contributed by atoms with Crippen molar-refractivity contribution in [2.45, 2.75) is 104 Å². The molecule has 4 heterocycles. The number of rotatable bonds is 18. The molecule has 0 saturated heterocycles. The van der Waals surface area contributed by atoms with E-state index in [4.69, 9.17) is 21.3 Å². The Morgan fingerprint density at radius 2 is 1.58 bits per heavy atom. The number of likely N-dealkylation sites (N-methyl/N-ethyl adjacent to an activating group) is 1. The van der Waals surface area contributed by atoms with Gasteiger partial charge in [-0.25, -0.2) is 0 Å². The number of aliphatic hydroxyl groups is 1. The number of carbonyl (C=O) groups is 4. The quantitative estimate of drug-likeness (QED) is 0.0621. The average Bonchev–Trinajstić information content (AvgIpc) is 3.79. The van der Waals surface area contributed by atoms with Crippen LogP contribution in [0.25, 0.3) is 5.00 Å². The van der Waals surface area contributed by atoms with Crippen molar-refractivity contribution in [3.8, 4) is 10.8 Å². The second kappa shape index (κ2) is 22.1.